The summed E-state index contributed by atoms with van der Waals surface area (Å²) >= 11 is 2.25. The van der Waals surface area contributed by atoms with Gasteiger partial charge in [-0.1, -0.05) is 0 Å². The van der Waals surface area contributed by atoms with Gasteiger partial charge in [0.2, 0.25) is 0 Å². The second-order valence-corrected chi connectivity index (χ2v) is 4.18. The van der Waals surface area contributed by atoms with Crippen molar-refractivity contribution >= 4 is 28.3 Å². The fourth-order valence-electron chi connectivity index (χ4n) is 1.26. The van der Waals surface area contributed by atoms with Crippen LogP contribution < -0.4 is 5.73 Å². The number of hydrogen-bond acceptors (Lipinski definition) is 3. The molecule has 0 saturated heterocycles. The van der Waals surface area contributed by atoms with Crippen LogP contribution in [-0.2, 0) is 7.05 Å². The van der Waals surface area contributed by atoms with E-state index in [0.717, 1.165) is 20.6 Å². The fraction of sp³-hybridized carbons (Fsp3) is 0.111. The van der Waals surface area contributed by atoms with Gasteiger partial charge in [0.25, 0.3) is 0 Å². The van der Waals surface area contributed by atoms with Crippen LogP contribution in [0.2, 0.25) is 0 Å². The SMILES string of the molecule is Cn1ncnc1-c1cc(I)ccc1N. The lowest BCUT2D eigenvalue weighted by Crippen LogP contribution is -1.98. The molecule has 2 rings (SSSR count). The molecule has 0 bridgehead atoms. The fourth-order valence-corrected chi connectivity index (χ4v) is 1.75. The van der Waals surface area contributed by atoms with Crippen molar-refractivity contribution in [1.82, 2.24) is 14.8 Å². The van der Waals surface area contributed by atoms with Crippen molar-refractivity contribution in [2.45, 2.75) is 0 Å². The van der Waals surface area contributed by atoms with Crippen LogP contribution in [-0.4, -0.2) is 14.8 Å². The molecule has 5 heteroatoms. The number of benzene rings is 1. The molecule has 0 radical (unpaired) electrons. The van der Waals surface area contributed by atoms with E-state index in [4.69, 9.17) is 5.73 Å². The van der Waals surface area contributed by atoms with E-state index in [2.05, 4.69) is 32.7 Å². The summed E-state index contributed by atoms with van der Waals surface area (Å²) in [5, 5.41) is 4.01. The van der Waals surface area contributed by atoms with E-state index >= 15 is 0 Å². The zero-order valence-electron chi connectivity index (χ0n) is 7.61. The average molecular weight is 300 g/mol. The summed E-state index contributed by atoms with van der Waals surface area (Å²) in [6.45, 7) is 0. The molecule has 2 N–H and O–H groups in total. The highest BCUT2D eigenvalue weighted by Gasteiger charge is 2.08. The van der Waals surface area contributed by atoms with Gasteiger partial charge in [-0.05, 0) is 40.8 Å². The van der Waals surface area contributed by atoms with Crippen LogP contribution in [0.25, 0.3) is 11.4 Å². The maximum Gasteiger partial charge on any atom is 0.159 e. The first-order chi connectivity index (χ1) is 6.68. The van der Waals surface area contributed by atoms with Crippen molar-refractivity contribution in [3.63, 3.8) is 0 Å². The Labute approximate surface area is 95.3 Å². The van der Waals surface area contributed by atoms with Crippen LogP contribution in [0.4, 0.5) is 5.69 Å². The van der Waals surface area contributed by atoms with Crippen LogP contribution in [0.5, 0.6) is 0 Å². The van der Waals surface area contributed by atoms with E-state index in [9.17, 15) is 0 Å². The normalized spacial score (nSPS) is 10.4. The molecule has 0 unspecified atom stereocenters. The van der Waals surface area contributed by atoms with Crippen molar-refractivity contribution in [1.29, 1.82) is 0 Å². The first kappa shape index (κ1) is 9.45. The first-order valence-corrected chi connectivity index (χ1v) is 5.16. The standard InChI is InChI=1S/C9H9IN4/c1-14-9(12-5-13-14)7-4-6(10)2-3-8(7)11/h2-5H,11H2,1H3. The lowest BCUT2D eigenvalue weighted by Gasteiger charge is -2.04. The monoisotopic (exact) mass is 300 g/mol. The number of nitrogens with zero attached hydrogens (tertiary/aromatic N) is 3. The molecule has 0 aliphatic carbocycles. The molecular formula is C9H9IN4. The molecule has 2 aromatic rings. The van der Waals surface area contributed by atoms with E-state index in [1.54, 1.807) is 4.68 Å². The van der Waals surface area contributed by atoms with Crippen LogP contribution in [0.1, 0.15) is 0 Å². The number of anilines is 1. The second kappa shape index (κ2) is 3.56. The minimum absolute atomic E-state index is 0.724. The predicted molar refractivity (Wildman–Crippen MR) is 63.6 cm³/mol. The molecule has 72 valence electrons. The number of aryl methyl sites for hydroxylation is 1. The van der Waals surface area contributed by atoms with Gasteiger partial charge in [-0.3, -0.25) is 0 Å². The Morgan fingerprint density at radius 2 is 2.21 bits per heavy atom. The number of rotatable bonds is 1. The highest BCUT2D eigenvalue weighted by atomic mass is 127. The number of hydrogen-bond donors (Lipinski definition) is 1. The molecule has 1 heterocycles. The number of nitrogen functional groups attached to an aromatic ring is 1. The Morgan fingerprint density at radius 1 is 1.43 bits per heavy atom. The molecule has 0 spiro atoms. The zero-order chi connectivity index (χ0) is 10.1. The number of nitrogens with two attached hydrogens (primary N) is 1. The second-order valence-electron chi connectivity index (χ2n) is 2.94. The summed E-state index contributed by atoms with van der Waals surface area (Å²) in [7, 11) is 1.85. The van der Waals surface area contributed by atoms with Crippen molar-refractivity contribution in [2.24, 2.45) is 7.05 Å². The Hall–Kier alpha value is -1.11. The maximum atomic E-state index is 5.87. The van der Waals surface area contributed by atoms with Gasteiger partial charge in [-0.15, -0.1) is 0 Å². The van der Waals surface area contributed by atoms with Gasteiger partial charge in [-0.25, -0.2) is 9.67 Å². The van der Waals surface area contributed by atoms with Gasteiger partial charge in [-0.2, -0.15) is 5.10 Å². The third-order valence-electron chi connectivity index (χ3n) is 1.97. The molecule has 0 aliphatic rings. The van der Waals surface area contributed by atoms with E-state index in [-0.39, 0.29) is 0 Å². The summed E-state index contributed by atoms with van der Waals surface area (Å²) in [5.74, 6) is 0.793. The molecule has 4 nitrogen and oxygen atoms in total. The third kappa shape index (κ3) is 1.59. The van der Waals surface area contributed by atoms with E-state index in [1.165, 1.54) is 6.33 Å². The molecule has 0 atom stereocenters. The largest absolute Gasteiger partial charge is 0.398 e. The molecule has 0 aliphatic heterocycles. The van der Waals surface area contributed by atoms with Gasteiger partial charge in [0, 0.05) is 21.9 Å². The Kier molecular flexibility index (Phi) is 2.40. The maximum absolute atomic E-state index is 5.87. The van der Waals surface area contributed by atoms with Gasteiger partial charge < -0.3 is 5.73 Å². The van der Waals surface area contributed by atoms with Crippen molar-refractivity contribution in [3.8, 4) is 11.4 Å². The van der Waals surface area contributed by atoms with E-state index in [1.807, 2.05) is 25.2 Å². The zero-order valence-corrected chi connectivity index (χ0v) is 9.76. The van der Waals surface area contributed by atoms with Crippen LogP contribution in [0.3, 0.4) is 0 Å². The van der Waals surface area contributed by atoms with Crippen LogP contribution >= 0.6 is 22.6 Å². The minimum atomic E-state index is 0.724. The smallest absolute Gasteiger partial charge is 0.159 e. The van der Waals surface area contributed by atoms with Crippen LogP contribution in [0.15, 0.2) is 24.5 Å². The van der Waals surface area contributed by atoms with Crippen LogP contribution in [0, 0.1) is 3.57 Å². The van der Waals surface area contributed by atoms with Crippen molar-refractivity contribution in [3.05, 3.63) is 28.1 Å². The quantitative estimate of drug-likeness (QED) is 0.644. The summed E-state index contributed by atoms with van der Waals surface area (Å²) < 4.78 is 2.84. The lowest BCUT2D eigenvalue weighted by molar-refractivity contribution is 0.775. The first-order valence-electron chi connectivity index (χ1n) is 4.08. The van der Waals surface area contributed by atoms with Crippen molar-refractivity contribution in [2.75, 3.05) is 5.73 Å². The number of halogens is 1. The molecular weight excluding hydrogens is 291 g/mol. The summed E-state index contributed by atoms with van der Waals surface area (Å²) in [6, 6.07) is 5.85. The number of aromatic nitrogens is 3. The Morgan fingerprint density at radius 3 is 2.86 bits per heavy atom. The third-order valence-corrected chi connectivity index (χ3v) is 2.64. The molecule has 14 heavy (non-hydrogen) atoms. The Bertz CT molecular complexity index is 464. The van der Waals surface area contributed by atoms with Gasteiger partial charge in [0.05, 0.1) is 0 Å². The van der Waals surface area contributed by atoms with Gasteiger partial charge in [0.15, 0.2) is 5.82 Å². The predicted octanol–water partition coefficient (Wildman–Crippen LogP) is 1.67. The topological polar surface area (TPSA) is 56.7 Å². The van der Waals surface area contributed by atoms with Gasteiger partial charge >= 0.3 is 0 Å². The summed E-state index contributed by atoms with van der Waals surface area (Å²) in [6.07, 6.45) is 1.52. The molecule has 0 amide bonds. The van der Waals surface area contributed by atoms with E-state index < -0.39 is 0 Å². The minimum Gasteiger partial charge on any atom is -0.398 e. The highest BCUT2D eigenvalue weighted by Crippen LogP contribution is 2.24. The van der Waals surface area contributed by atoms with Crippen molar-refractivity contribution < 1.29 is 0 Å². The lowest BCUT2D eigenvalue weighted by atomic mass is 10.2. The van der Waals surface area contributed by atoms with E-state index in [0.29, 0.717) is 0 Å². The summed E-state index contributed by atoms with van der Waals surface area (Å²) in [5.41, 5.74) is 7.52. The molecule has 1 aromatic carbocycles. The molecule has 0 fully saturated rings. The van der Waals surface area contributed by atoms with Gasteiger partial charge in [0.1, 0.15) is 6.33 Å². The average Bonchev–Trinajstić information content (AvgIpc) is 2.56. The summed E-state index contributed by atoms with van der Waals surface area (Å²) in [4.78, 5) is 4.16. The molecule has 1 aromatic heterocycles. The highest BCUT2D eigenvalue weighted by molar-refractivity contribution is 14.1. The Balaban J connectivity index is 2.62. The molecule has 0 saturated carbocycles.